The molecule has 0 aromatic heterocycles. The average molecular weight is 403 g/mol. The number of hydrogen-bond donors (Lipinski definition) is 6. The molecule has 0 unspecified atom stereocenters. The van der Waals surface area contributed by atoms with Crippen molar-refractivity contribution in [3.05, 3.63) is 35.4 Å². The molecule has 158 valence electrons. The normalized spacial score (nSPS) is 15.3. The fourth-order valence-electron chi connectivity index (χ4n) is 3.48. The smallest absolute Gasteiger partial charge is 0.317 e. The summed E-state index contributed by atoms with van der Waals surface area (Å²) in [6.45, 7) is -0.185. The Morgan fingerprint density at radius 2 is 1.72 bits per heavy atom. The molecule has 7 N–H and O–H groups in total. The first-order valence-corrected chi connectivity index (χ1v) is 9.79. The molecule has 1 fully saturated rings. The van der Waals surface area contributed by atoms with Crippen LogP contribution in [-0.2, 0) is 20.9 Å². The quantitative estimate of drug-likeness (QED) is 0.244. The van der Waals surface area contributed by atoms with E-state index in [1.165, 1.54) is 0 Å². The molecule has 9 heteroatoms. The summed E-state index contributed by atoms with van der Waals surface area (Å²) in [6, 6.07) is 6.33. The maximum absolute atomic E-state index is 12.6. The van der Waals surface area contributed by atoms with Crippen LogP contribution < -0.4 is 21.7 Å². The van der Waals surface area contributed by atoms with Gasteiger partial charge in [-0.3, -0.25) is 25.1 Å². The van der Waals surface area contributed by atoms with E-state index in [0.717, 1.165) is 37.7 Å². The number of hydrogen-bond acceptors (Lipinski definition) is 5. The molecule has 0 spiro atoms. The highest BCUT2D eigenvalue weighted by Crippen LogP contribution is 2.26. The van der Waals surface area contributed by atoms with Crippen molar-refractivity contribution < 1.29 is 19.5 Å². The number of nitrogen functional groups attached to an aromatic ring is 1. The van der Waals surface area contributed by atoms with Crippen LogP contribution in [0.2, 0.25) is 0 Å². The fraction of sp³-hybridized carbons (Fsp3) is 0.500. The molecule has 0 aliphatic heterocycles. The summed E-state index contributed by atoms with van der Waals surface area (Å²) in [4.78, 5) is 35.5. The van der Waals surface area contributed by atoms with E-state index in [9.17, 15) is 14.4 Å². The fourth-order valence-corrected chi connectivity index (χ4v) is 3.48. The number of nitrogens with one attached hydrogen (secondary N) is 4. The van der Waals surface area contributed by atoms with Crippen LogP contribution in [0.4, 0.5) is 0 Å². The zero-order chi connectivity index (χ0) is 21.2. The molecular weight excluding hydrogens is 374 g/mol. The molecule has 1 aliphatic carbocycles. The van der Waals surface area contributed by atoms with Gasteiger partial charge in [0.05, 0.1) is 19.1 Å². The number of carboxylic acids is 1. The zero-order valence-corrected chi connectivity index (χ0v) is 16.4. The van der Waals surface area contributed by atoms with Crippen molar-refractivity contribution in [2.45, 2.75) is 44.7 Å². The number of carboxylic acid groups (broad SMARTS) is 1. The van der Waals surface area contributed by atoms with Crippen molar-refractivity contribution in [1.29, 1.82) is 5.41 Å². The minimum absolute atomic E-state index is 0.0210. The highest BCUT2D eigenvalue weighted by molar-refractivity contribution is 5.94. The van der Waals surface area contributed by atoms with Gasteiger partial charge in [0.15, 0.2) is 0 Å². The van der Waals surface area contributed by atoms with Gasteiger partial charge in [-0.2, -0.15) is 0 Å². The topological polar surface area (TPSA) is 157 Å². The minimum atomic E-state index is -1.02. The standard InChI is InChI=1S/C20H29N5O4/c21-19(22)15-8-6-13(7-9-15)10-23-16(26)11-25-20(29)18(24-12-17(27)28)14-4-2-1-3-5-14/h6-9,14,18,24H,1-5,10-12H2,(H3,21,22)(H,23,26)(H,25,29)(H,27,28)/t18-/m1/s1. The number of amides is 2. The van der Waals surface area contributed by atoms with Gasteiger partial charge in [-0.05, 0) is 24.3 Å². The summed E-state index contributed by atoms with van der Waals surface area (Å²) in [5.41, 5.74) is 6.86. The molecule has 0 bridgehead atoms. The van der Waals surface area contributed by atoms with Crippen LogP contribution in [0.5, 0.6) is 0 Å². The van der Waals surface area contributed by atoms with E-state index < -0.39 is 12.0 Å². The molecule has 29 heavy (non-hydrogen) atoms. The number of rotatable bonds is 10. The third-order valence-electron chi connectivity index (χ3n) is 5.05. The number of carbonyl (C=O) groups is 3. The Hall–Kier alpha value is -2.94. The molecule has 1 aromatic rings. The third-order valence-corrected chi connectivity index (χ3v) is 5.05. The zero-order valence-electron chi connectivity index (χ0n) is 16.4. The summed E-state index contributed by atoms with van der Waals surface area (Å²) >= 11 is 0. The van der Waals surface area contributed by atoms with Gasteiger partial charge < -0.3 is 21.5 Å². The first kappa shape index (κ1) is 22.4. The summed E-state index contributed by atoms with van der Waals surface area (Å²) in [6.07, 6.45) is 4.90. The van der Waals surface area contributed by atoms with Gasteiger partial charge in [0.2, 0.25) is 11.8 Å². The number of aliphatic carboxylic acids is 1. The molecule has 0 saturated heterocycles. The molecule has 1 atom stereocenters. The SMILES string of the molecule is N=C(N)c1ccc(CNC(=O)CNC(=O)[C@H](NCC(=O)O)C2CCCCC2)cc1. The minimum Gasteiger partial charge on any atom is -0.480 e. The predicted molar refractivity (Wildman–Crippen MR) is 108 cm³/mol. The van der Waals surface area contributed by atoms with Crippen LogP contribution >= 0.6 is 0 Å². The highest BCUT2D eigenvalue weighted by atomic mass is 16.4. The van der Waals surface area contributed by atoms with Crippen molar-refractivity contribution in [2.24, 2.45) is 11.7 Å². The van der Waals surface area contributed by atoms with Gasteiger partial charge in [-0.15, -0.1) is 0 Å². The number of amidine groups is 1. The van der Waals surface area contributed by atoms with Crippen LogP contribution in [0.25, 0.3) is 0 Å². The lowest BCUT2D eigenvalue weighted by atomic mass is 9.83. The molecule has 1 aromatic carbocycles. The maximum atomic E-state index is 12.6. The Balaban J connectivity index is 1.81. The first-order valence-electron chi connectivity index (χ1n) is 9.79. The summed E-state index contributed by atoms with van der Waals surface area (Å²) in [5.74, 6) is -1.65. The van der Waals surface area contributed by atoms with E-state index in [0.29, 0.717) is 5.56 Å². The number of benzene rings is 1. The average Bonchev–Trinajstić information content (AvgIpc) is 2.71. The highest BCUT2D eigenvalue weighted by Gasteiger charge is 2.29. The van der Waals surface area contributed by atoms with Crippen LogP contribution in [-0.4, -0.2) is 47.9 Å². The van der Waals surface area contributed by atoms with Crippen molar-refractivity contribution in [3.63, 3.8) is 0 Å². The molecule has 1 aliphatic rings. The van der Waals surface area contributed by atoms with Gasteiger partial charge in [0.25, 0.3) is 0 Å². The second-order valence-corrected chi connectivity index (χ2v) is 7.26. The van der Waals surface area contributed by atoms with Crippen molar-refractivity contribution in [3.8, 4) is 0 Å². The largest absolute Gasteiger partial charge is 0.480 e. The van der Waals surface area contributed by atoms with Gasteiger partial charge in [-0.1, -0.05) is 43.5 Å². The van der Waals surface area contributed by atoms with E-state index in [-0.39, 0.29) is 43.2 Å². The van der Waals surface area contributed by atoms with Crippen LogP contribution in [0.3, 0.4) is 0 Å². The van der Waals surface area contributed by atoms with E-state index in [1.54, 1.807) is 24.3 Å². The molecule has 0 radical (unpaired) electrons. The lowest BCUT2D eigenvalue weighted by Crippen LogP contribution is -2.52. The van der Waals surface area contributed by atoms with Gasteiger partial charge in [0.1, 0.15) is 5.84 Å². The summed E-state index contributed by atoms with van der Waals surface area (Å²) < 4.78 is 0. The van der Waals surface area contributed by atoms with E-state index in [1.807, 2.05) is 0 Å². The lowest BCUT2D eigenvalue weighted by Gasteiger charge is -2.29. The van der Waals surface area contributed by atoms with Crippen LogP contribution in [0.1, 0.15) is 43.2 Å². The van der Waals surface area contributed by atoms with Crippen molar-refractivity contribution in [1.82, 2.24) is 16.0 Å². The Morgan fingerprint density at radius 3 is 2.31 bits per heavy atom. The van der Waals surface area contributed by atoms with Crippen molar-refractivity contribution >= 4 is 23.6 Å². The van der Waals surface area contributed by atoms with E-state index in [2.05, 4.69) is 16.0 Å². The lowest BCUT2D eigenvalue weighted by molar-refractivity contribution is -0.136. The Kier molecular flexibility index (Phi) is 8.60. The molecule has 9 nitrogen and oxygen atoms in total. The molecule has 2 rings (SSSR count). The predicted octanol–water partition coefficient (Wildman–Crippen LogP) is 0.326. The number of carbonyl (C=O) groups excluding carboxylic acids is 2. The Bertz CT molecular complexity index is 729. The molecular formula is C20H29N5O4. The molecule has 0 heterocycles. The monoisotopic (exact) mass is 403 g/mol. The third kappa shape index (κ3) is 7.53. The van der Waals surface area contributed by atoms with Gasteiger partial charge in [0, 0.05) is 12.1 Å². The van der Waals surface area contributed by atoms with Gasteiger partial charge in [-0.25, -0.2) is 0 Å². The van der Waals surface area contributed by atoms with Crippen molar-refractivity contribution in [2.75, 3.05) is 13.1 Å². The summed E-state index contributed by atoms with van der Waals surface area (Å²) in [7, 11) is 0. The van der Waals surface area contributed by atoms with Crippen LogP contribution in [0, 0.1) is 11.3 Å². The van der Waals surface area contributed by atoms with Gasteiger partial charge >= 0.3 is 5.97 Å². The summed E-state index contributed by atoms with van der Waals surface area (Å²) in [5, 5.41) is 24.4. The maximum Gasteiger partial charge on any atom is 0.317 e. The Labute approximate surface area is 169 Å². The second-order valence-electron chi connectivity index (χ2n) is 7.26. The number of nitrogens with two attached hydrogens (primary N) is 1. The second kappa shape index (κ2) is 11.2. The van der Waals surface area contributed by atoms with Crippen LogP contribution in [0.15, 0.2) is 24.3 Å². The van der Waals surface area contributed by atoms with E-state index >= 15 is 0 Å². The Morgan fingerprint density at radius 1 is 1.07 bits per heavy atom. The van der Waals surface area contributed by atoms with E-state index in [4.69, 9.17) is 16.2 Å². The molecule has 1 saturated carbocycles. The molecule has 2 amide bonds. The first-order chi connectivity index (χ1) is 13.9.